The van der Waals surface area contributed by atoms with Gasteiger partial charge in [0.1, 0.15) is 5.60 Å². The third-order valence-electron chi connectivity index (χ3n) is 5.23. The van der Waals surface area contributed by atoms with Crippen molar-refractivity contribution in [2.24, 2.45) is 0 Å². The number of hydrogen-bond donors (Lipinski definition) is 0. The van der Waals surface area contributed by atoms with Crippen LogP contribution in [0.15, 0.2) is 18.2 Å². The zero-order valence-corrected chi connectivity index (χ0v) is 19.0. The number of nitrogens with zero attached hydrogens (tertiary/aromatic N) is 2. The monoisotopic (exact) mass is 464 g/mol. The number of halogens is 3. The maximum absolute atomic E-state index is 14.0. The van der Waals surface area contributed by atoms with Gasteiger partial charge in [0.05, 0.1) is 27.7 Å². The van der Waals surface area contributed by atoms with Crippen LogP contribution in [0.25, 0.3) is 0 Å². The minimum atomic E-state index is -4.94. The van der Waals surface area contributed by atoms with E-state index in [1.54, 1.807) is 27.7 Å². The molecule has 0 saturated carbocycles. The fourth-order valence-electron chi connectivity index (χ4n) is 2.90. The number of hydrogen-bond acceptors (Lipinski definition) is 5. The van der Waals surface area contributed by atoms with E-state index in [1.807, 2.05) is 0 Å². The number of rotatable bonds is 2. The molecule has 178 valence electrons. The molecule has 0 aromatic heterocycles. The molecule has 2 saturated heterocycles. The lowest BCUT2D eigenvalue weighted by Crippen LogP contribution is -2.50. The van der Waals surface area contributed by atoms with Crippen LogP contribution < -0.4 is 10.4 Å². The molecule has 0 unspecified atom stereocenters. The number of carbonyl (C=O) groups excluding carboxylic acids is 1. The van der Waals surface area contributed by atoms with Crippen LogP contribution in [0.1, 0.15) is 65.0 Å². The van der Waals surface area contributed by atoms with E-state index in [0.717, 1.165) is 6.07 Å². The highest BCUT2D eigenvalue weighted by Crippen LogP contribution is 2.38. The van der Waals surface area contributed by atoms with Gasteiger partial charge < -0.3 is 23.8 Å². The van der Waals surface area contributed by atoms with Crippen molar-refractivity contribution in [2.45, 2.75) is 71.4 Å². The zero-order chi connectivity index (χ0) is 31.3. The molecule has 6 nitrogen and oxygen atoms in total. The lowest BCUT2D eigenvalue weighted by molar-refractivity contribution is -0.136. The Labute approximate surface area is 199 Å². The molecule has 32 heavy (non-hydrogen) atoms. The second-order valence-corrected chi connectivity index (χ2v) is 9.46. The summed E-state index contributed by atoms with van der Waals surface area (Å²) in [7, 11) is -1.63. The molecule has 3 rings (SSSR count). The van der Waals surface area contributed by atoms with Crippen LogP contribution in [-0.2, 0) is 20.2 Å². The largest absolute Gasteiger partial charge is 0.495 e. The number of ether oxygens (including phenoxy) is 1. The van der Waals surface area contributed by atoms with Crippen molar-refractivity contribution in [3.63, 3.8) is 0 Å². The summed E-state index contributed by atoms with van der Waals surface area (Å²) in [6.07, 6.45) is -6.60. The summed E-state index contributed by atoms with van der Waals surface area (Å²) in [6.45, 7) is -3.66. The first-order valence-electron chi connectivity index (χ1n) is 13.9. The van der Waals surface area contributed by atoms with Crippen LogP contribution in [0.3, 0.4) is 0 Å². The van der Waals surface area contributed by atoms with Gasteiger partial charge in [-0.25, -0.2) is 4.79 Å². The summed E-state index contributed by atoms with van der Waals surface area (Å²) in [5, 5.41) is 0. The topological polar surface area (TPSA) is 51.2 Å². The minimum Gasteiger partial charge on any atom is -0.444 e. The van der Waals surface area contributed by atoms with Gasteiger partial charge in [0.2, 0.25) is 0 Å². The van der Waals surface area contributed by atoms with E-state index in [9.17, 15) is 18.0 Å². The fourth-order valence-corrected chi connectivity index (χ4v) is 2.90. The van der Waals surface area contributed by atoms with Gasteiger partial charge in [-0.05, 0) is 72.1 Å². The molecule has 1 amide bonds. The summed E-state index contributed by atoms with van der Waals surface area (Å²) < 4.78 is 127. The predicted octanol–water partition coefficient (Wildman–Crippen LogP) is 4.06. The molecule has 2 fully saturated rings. The Hall–Kier alpha value is -1.94. The molecule has 0 aliphatic carbocycles. The lowest BCUT2D eigenvalue weighted by Gasteiger charge is -2.37. The standard InChI is InChI=1S/C22H32BF3N2O4/c1-19(2,3)30-18(29)28-12-10-27(11-13-28)15-8-9-16(22(24,25)26)17(14-15)23-31-20(4,5)21(6,7)32-23/h8-9,14H,10-13H2,1-7H3/i10D2,11D2,12D2,13D2. The van der Waals surface area contributed by atoms with E-state index in [-0.39, 0.29) is 9.80 Å². The molecule has 2 aliphatic rings. The average Bonchev–Trinajstić information content (AvgIpc) is 2.91. The van der Waals surface area contributed by atoms with Crippen molar-refractivity contribution in [3.8, 4) is 0 Å². The van der Waals surface area contributed by atoms with Gasteiger partial charge in [0.15, 0.2) is 0 Å². The lowest BCUT2D eigenvalue weighted by atomic mass is 9.75. The van der Waals surface area contributed by atoms with Crippen molar-refractivity contribution in [1.82, 2.24) is 4.90 Å². The third-order valence-corrected chi connectivity index (χ3v) is 5.23. The number of carbonyl (C=O) groups is 1. The van der Waals surface area contributed by atoms with Gasteiger partial charge in [-0.2, -0.15) is 13.2 Å². The van der Waals surface area contributed by atoms with Gasteiger partial charge >= 0.3 is 19.4 Å². The van der Waals surface area contributed by atoms with Gasteiger partial charge in [0, 0.05) is 31.7 Å². The van der Waals surface area contributed by atoms with Crippen LogP contribution in [0.2, 0.25) is 0 Å². The van der Waals surface area contributed by atoms with Crippen molar-refractivity contribution < 1.29 is 43.0 Å². The van der Waals surface area contributed by atoms with Gasteiger partial charge in [-0.1, -0.05) is 0 Å². The molecular formula is C22H32BF3N2O4. The molecule has 10 heteroatoms. The van der Waals surface area contributed by atoms with E-state index < -0.39 is 78.9 Å². The van der Waals surface area contributed by atoms with E-state index in [4.69, 9.17) is 25.0 Å². The van der Waals surface area contributed by atoms with Crippen molar-refractivity contribution >= 4 is 24.4 Å². The van der Waals surface area contributed by atoms with Crippen LogP contribution in [-0.4, -0.2) is 60.9 Å². The predicted molar refractivity (Wildman–Crippen MR) is 117 cm³/mol. The number of anilines is 1. The maximum atomic E-state index is 14.0. The third kappa shape index (κ3) is 5.17. The van der Waals surface area contributed by atoms with E-state index in [1.165, 1.54) is 20.8 Å². The summed E-state index contributed by atoms with van der Waals surface area (Å²) in [4.78, 5) is 12.6. The molecule has 2 aliphatic heterocycles. The second kappa shape index (κ2) is 8.13. The highest BCUT2D eigenvalue weighted by Gasteiger charge is 2.53. The molecule has 0 spiro atoms. The first kappa shape index (κ1) is 15.8. The van der Waals surface area contributed by atoms with E-state index in [0.29, 0.717) is 12.1 Å². The fraction of sp³-hybridized carbons (Fsp3) is 0.682. The molecule has 0 atom stereocenters. The Morgan fingerprint density at radius 2 is 1.59 bits per heavy atom. The number of amides is 1. The number of alkyl halides is 3. The average molecular weight is 464 g/mol. The molecule has 2 heterocycles. The number of piperazine rings is 1. The maximum Gasteiger partial charge on any atom is 0.495 e. The molecular weight excluding hydrogens is 424 g/mol. The molecule has 0 radical (unpaired) electrons. The van der Waals surface area contributed by atoms with Crippen molar-refractivity contribution in [3.05, 3.63) is 23.8 Å². The SMILES string of the molecule is [2H]C1([2H])N(C(=O)OC(C)(C)C)C([2H])([2H])C([2H])([2H])N(c2ccc(C(F)(F)F)c(B3OC(C)(C)C(C)(C)O3)c2)C1([2H])[2H]. The highest BCUT2D eigenvalue weighted by molar-refractivity contribution is 6.62. The Morgan fingerprint density at radius 3 is 2.06 bits per heavy atom. The Morgan fingerprint density at radius 1 is 1.06 bits per heavy atom. The first-order chi connectivity index (χ1) is 17.5. The van der Waals surface area contributed by atoms with E-state index in [2.05, 4.69) is 0 Å². The van der Waals surface area contributed by atoms with Crippen LogP contribution in [0, 0.1) is 0 Å². The molecule has 1 aromatic rings. The molecule has 0 N–H and O–H groups in total. The smallest absolute Gasteiger partial charge is 0.444 e. The molecule has 0 bridgehead atoms. The van der Waals surface area contributed by atoms with Crippen LogP contribution in [0.4, 0.5) is 23.7 Å². The summed E-state index contributed by atoms with van der Waals surface area (Å²) >= 11 is 0. The van der Waals surface area contributed by atoms with Gasteiger partial charge in [-0.3, -0.25) is 0 Å². The van der Waals surface area contributed by atoms with Gasteiger partial charge in [-0.15, -0.1) is 0 Å². The van der Waals surface area contributed by atoms with Crippen LogP contribution in [0.5, 0.6) is 0 Å². The summed E-state index contributed by atoms with van der Waals surface area (Å²) in [5.41, 5.74) is -5.95. The second-order valence-electron chi connectivity index (χ2n) is 9.46. The quantitative estimate of drug-likeness (QED) is 0.618. The normalized spacial score (nSPS) is 31.1. The van der Waals surface area contributed by atoms with Crippen molar-refractivity contribution in [2.75, 3.05) is 30.9 Å². The Kier molecular flexibility index (Phi) is 4.02. The summed E-state index contributed by atoms with van der Waals surface area (Å²) in [6, 6.07) is 1.96. The zero-order valence-electron chi connectivity index (χ0n) is 27.0. The van der Waals surface area contributed by atoms with E-state index >= 15 is 0 Å². The Balaban J connectivity index is 2.25. The van der Waals surface area contributed by atoms with Crippen LogP contribution >= 0.6 is 0 Å². The highest BCUT2D eigenvalue weighted by atomic mass is 19.4. The Bertz CT molecular complexity index is 1150. The number of benzene rings is 1. The van der Waals surface area contributed by atoms with Gasteiger partial charge in [0.25, 0.3) is 0 Å². The summed E-state index contributed by atoms with van der Waals surface area (Å²) in [5.74, 6) is 0. The molecule has 1 aromatic carbocycles. The van der Waals surface area contributed by atoms with Crippen molar-refractivity contribution in [1.29, 1.82) is 0 Å². The first-order valence-corrected chi connectivity index (χ1v) is 9.93. The minimum absolute atomic E-state index is 0.0513.